The average molecular weight is 358 g/mol. The van der Waals surface area contributed by atoms with E-state index in [0.717, 1.165) is 15.7 Å². The fourth-order valence-electron chi connectivity index (χ4n) is 1.70. The molecule has 0 bridgehead atoms. The average Bonchev–Trinajstić information content (AvgIpc) is 3.25. The Bertz CT molecular complexity index is 834. The molecular weight excluding hydrogens is 348 g/mol. The summed E-state index contributed by atoms with van der Waals surface area (Å²) in [5.41, 5.74) is 2.37. The number of aromatic nitrogens is 2. The zero-order chi connectivity index (χ0) is 16.1. The molecule has 2 aromatic heterocycles. The van der Waals surface area contributed by atoms with Gasteiger partial charge in [0, 0.05) is 11.1 Å². The van der Waals surface area contributed by atoms with Gasteiger partial charge in [0.25, 0.3) is 5.91 Å². The Morgan fingerprint density at radius 3 is 2.78 bits per heavy atom. The van der Waals surface area contributed by atoms with Gasteiger partial charge in [-0.25, -0.2) is 0 Å². The molecule has 5 nitrogen and oxygen atoms in total. The largest absolute Gasteiger partial charge is 0.296 e. The van der Waals surface area contributed by atoms with Crippen LogP contribution in [-0.2, 0) is 5.75 Å². The first-order chi connectivity index (χ1) is 11.2. The van der Waals surface area contributed by atoms with E-state index >= 15 is 0 Å². The SMILES string of the molecule is N#Cc1ccc(CSc2nnc(NC(=O)c3ccsc3)s2)cc1. The molecule has 8 heteroatoms. The predicted molar refractivity (Wildman–Crippen MR) is 92.9 cm³/mol. The van der Waals surface area contributed by atoms with E-state index in [-0.39, 0.29) is 5.91 Å². The highest BCUT2D eigenvalue weighted by atomic mass is 32.2. The third kappa shape index (κ3) is 4.16. The van der Waals surface area contributed by atoms with Crippen molar-refractivity contribution in [1.29, 1.82) is 5.26 Å². The lowest BCUT2D eigenvalue weighted by Crippen LogP contribution is -2.10. The molecule has 0 aliphatic heterocycles. The van der Waals surface area contributed by atoms with Crippen LogP contribution >= 0.6 is 34.4 Å². The van der Waals surface area contributed by atoms with Crippen molar-refractivity contribution in [1.82, 2.24) is 10.2 Å². The van der Waals surface area contributed by atoms with Crippen molar-refractivity contribution in [3.63, 3.8) is 0 Å². The Labute approximate surface area is 145 Å². The molecule has 0 saturated carbocycles. The first-order valence-electron chi connectivity index (χ1n) is 6.53. The summed E-state index contributed by atoms with van der Waals surface area (Å²) in [7, 11) is 0. The van der Waals surface area contributed by atoms with E-state index < -0.39 is 0 Å². The monoisotopic (exact) mass is 358 g/mol. The second kappa shape index (κ2) is 7.37. The van der Waals surface area contributed by atoms with Gasteiger partial charge in [0.05, 0.1) is 17.2 Å². The molecule has 0 fully saturated rings. The fraction of sp³-hybridized carbons (Fsp3) is 0.0667. The van der Waals surface area contributed by atoms with Crippen molar-refractivity contribution in [2.45, 2.75) is 10.1 Å². The summed E-state index contributed by atoms with van der Waals surface area (Å²) in [5.74, 6) is 0.560. The second-order valence-corrected chi connectivity index (χ2v) is 7.42. The molecule has 0 radical (unpaired) electrons. The van der Waals surface area contributed by atoms with Crippen molar-refractivity contribution >= 4 is 45.5 Å². The van der Waals surface area contributed by atoms with Gasteiger partial charge in [-0.2, -0.15) is 16.6 Å². The number of carbonyl (C=O) groups excluding carboxylic acids is 1. The lowest BCUT2D eigenvalue weighted by Gasteiger charge is -1.98. The van der Waals surface area contributed by atoms with Crippen LogP contribution in [0, 0.1) is 11.3 Å². The molecule has 23 heavy (non-hydrogen) atoms. The molecule has 3 rings (SSSR count). The smallest absolute Gasteiger partial charge is 0.258 e. The van der Waals surface area contributed by atoms with E-state index in [9.17, 15) is 4.79 Å². The van der Waals surface area contributed by atoms with E-state index in [0.29, 0.717) is 16.3 Å². The number of nitrogens with one attached hydrogen (secondary N) is 1. The number of anilines is 1. The quantitative estimate of drug-likeness (QED) is 0.550. The molecule has 1 amide bonds. The number of hydrogen-bond donors (Lipinski definition) is 1. The number of rotatable bonds is 5. The second-order valence-electron chi connectivity index (χ2n) is 4.44. The van der Waals surface area contributed by atoms with Gasteiger partial charge in [-0.05, 0) is 29.1 Å². The van der Waals surface area contributed by atoms with Crippen molar-refractivity contribution in [3.8, 4) is 6.07 Å². The summed E-state index contributed by atoms with van der Waals surface area (Å²) < 4.78 is 0.787. The van der Waals surface area contributed by atoms with Gasteiger partial charge in [-0.15, -0.1) is 10.2 Å². The molecule has 0 unspecified atom stereocenters. The van der Waals surface area contributed by atoms with Crippen LogP contribution in [0.4, 0.5) is 5.13 Å². The Morgan fingerprint density at radius 2 is 2.09 bits per heavy atom. The number of thiophene rings is 1. The van der Waals surface area contributed by atoms with Gasteiger partial charge in [-0.3, -0.25) is 10.1 Å². The standard InChI is InChI=1S/C15H10N4OS3/c16-7-10-1-3-11(4-2-10)8-22-15-19-18-14(23-15)17-13(20)12-5-6-21-9-12/h1-6,9H,8H2,(H,17,18,20). The van der Waals surface area contributed by atoms with Crippen molar-refractivity contribution < 1.29 is 4.79 Å². The molecule has 0 spiro atoms. The minimum Gasteiger partial charge on any atom is -0.296 e. The summed E-state index contributed by atoms with van der Waals surface area (Å²) in [6.45, 7) is 0. The minimum absolute atomic E-state index is 0.175. The molecule has 0 aliphatic carbocycles. The molecule has 3 aromatic rings. The van der Waals surface area contributed by atoms with E-state index in [1.165, 1.54) is 22.7 Å². The first kappa shape index (κ1) is 15.7. The van der Waals surface area contributed by atoms with Gasteiger partial charge in [-0.1, -0.05) is 35.2 Å². The Kier molecular flexibility index (Phi) is 5.02. The third-order valence-corrected chi connectivity index (χ3v) is 5.58. The normalized spacial score (nSPS) is 10.2. The van der Waals surface area contributed by atoms with Gasteiger partial charge < -0.3 is 0 Å². The van der Waals surface area contributed by atoms with Crippen LogP contribution in [0.3, 0.4) is 0 Å². The van der Waals surface area contributed by atoms with Crippen LogP contribution in [0.2, 0.25) is 0 Å². The van der Waals surface area contributed by atoms with Gasteiger partial charge in [0.15, 0.2) is 4.34 Å². The van der Waals surface area contributed by atoms with Crippen LogP contribution in [-0.4, -0.2) is 16.1 Å². The Balaban J connectivity index is 1.56. The third-order valence-electron chi connectivity index (χ3n) is 2.86. The Hall–Kier alpha value is -2.21. The zero-order valence-corrected chi connectivity index (χ0v) is 14.2. The topological polar surface area (TPSA) is 78.7 Å². The maximum Gasteiger partial charge on any atom is 0.258 e. The van der Waals surface area contributed by atoms with Crippen molar-refractivity contribution in [2.24, 2.45) is 0 Å². The van der Waals surface area contributed by atoms with Gasteiger partial charge in [0.2, 0.25) is 5.13 Å². The highest BCUT2D eigenvalue weighted by Crippen LogP contribution is 2.28. The molecule has 114 valence electrons. The zero-order valence-electron chi connectivity index (χ0n) is 11.7. The lowest BCUT2D eigenvalue weighted by molar-refractivity contribution is 0.102. The summed E-state index contributed by atoms with van der Waals surface area (Å²) in [6.07, 6.45) is 0. The molecule has 0 atom stereocenters. The van der Waals surface area contributed by atoms with Crippen molar-refractivity contribution in [2.75, 3.05) is 5.32 Å². The van der Waals surface area contributed by atoms with Gasteiger partial charge >= 0.3 is 0 Å². The molecule has 0 aliphatic rings. The molecule has 0 saturated heterocycles. The van der Waals surface area contributed by atoms with E-state index in [4.69, 9.17) is 5.26 Å². The molecule has 2 heterocycles. The Morgan fingerprint density at radius 1 is 1.26 bits per heavy atom. The lowest BCUT2D eigenvalue weighted by atomic mass is 10.2. The number of nitriles is 1. The summed E-state index contributed by atoms with van der Waals surface area (Å²) in [5, 5.41) is 23.7. The number of hydrogen-bond acceptors (Lipinski definition) is 7. The first-order valence-corrected chi connectivity index (χ1v) is 9.28. The predicted octanol–water partition coefficient (Wildman–Crippen LogP) is 4.02. The van der Waals surface area contributed by atoms with Crippen LogP contribution in [0.5, 0.6) is 0 Å². The molecule has 1 aromatic carbocycles. The van der Waals surface area contributed by atoms with Crippen LogP contribution in [0.25, 0.3) is 0 Å². The number of nitrogens with zero attached hydrogens (tertiary/aromatic N) is 3. The molecule has 1 N–H and O–H groups in total. The fourth-order valence-corrected chi connectivity index (χ4v) is 4.04. The summed E-state index contributed by atoms with van der Waals surface area (Å²) in [4.78, 5) is 11.9. The summed E-state index contributed by atoms with van der Waals surface area (Å²) in [6, 6.07) is 11.3. The highest BCUT2D eigenvalue weighted by molar-refractivity contribution is 8.00. The van der Waals surface area contributed by atoms with E-state index in [2.05, 4.69) is 21.6 Å². The maximum absolute atomic E-state index is 11.9. The van der Waals surface area contributed by atoms with E-state index in [1.807, 2.05) is 17.5 Å². The number of thioether (sulfide) groups is 1. The van der Waals surface area contributed by atoms with Crippen molar-refractivity contribution in [3.05, 3.63) is 57.8 Å². The number of amides is 1. The maximum atomic E-state index is 11.9. The van der Waals surface area contributed by atoms with Gasteiger partial charge in [0.1, 0.15) is 0 Å². The number of benzene rings is 1. The van der Waals surface area contributed by atoms with Crippen LogP contribution < -0.4 is 5.32 Å². The van der Waals surface area contributed by atoms with Crippen LogP contribution in [0.15, 0.2) is 45.4 Å². The number of carbonyl (C=O) groups is 1. The highest BCUT2D eigenvalue weighted by Gasteiger charge is 2.10. The molecular formula is C15H10N4OS3. The van der Waals surface area contributed by atoms with Crippen LogP contribution in [0.1, 0.15) is 21.5 Å². The summed E-state index contributed by atoms with van der Waals surface area (Å²) >= 11 is 4.36. The van der Waals surface area contributed by atoms with E-state index in [1.54, 1.807) is 35.3 Å². The minimum atomic E-state index is -0.175.